The number of nitrogens with one attached hydrogen (secondary N) is 1. The monoisotopic (exact) mass is 349 g/mol. The third-order valence-corrected chi connectivity index (χ3v) is 4.88. The smallest absolute Gasteiger partial charge is 0.126 e. The molecule has 1 fully saturated rings. The minimum atomic E-state index is 0.0440. The standard InChI is InChI=1S/C21H23N3O2/c1-15-6-8-16(9-7-15)18-12-22-21(23-18)19-14-26-11-10-24(19)13-17-4-2-3-5-20(17)25/h2-9,12,19,25H,10-11,13-14H2,1H3,(H,22,23). The van der Waals surface area contributed by atoms with Crippen LogP contribution in [0, 0.1) is 6.92 Å². The zero-order chi connectivity index (χ0) is 17.9. The Balaban J connectivity index is 1.57. The van der Waals surface area contributed by atoms with E-state index < -0.39 is 0 Å². The van der Waals surface area contributed by atoms with Crippen molar-refractivity contribution in [3.05, 3.63) is 71.7 Å². The summed E-state index contributed by atoms with van der Waals surface area (Å²) in [6.07, 6.45) is 1.88. The van der Waals surface area contributed by atoms with Crippen LogP contribution in [0.2, 0.25) is 0 Å². The highest BCUT2D eigenvalue weighted by Crippen LogP contribution is 2.28. The first-order valence-corrected chi connectivity index (χ1v) is 8.91. The zero-order valence-corrected chi connectivity index (χ0v) is 14.9. The fraction of sp³-hybridized carbons (Fsp3) is 0.286. The second-order valence-electron chi connectivity index (χ2n) is 6.74. The van der Waals surface area contributed by atoms with E-state index in [2.05, 4.69) is 46.1 Å². The normalized spacial score (nSPS) is 18.1. The maximum absolute atomic E-state index is 10.1. The van der Waals surface area contributed by atoms with Gasteiger partial charge in [0, 0.05) is 18.7 Å². The fourth-order valence-electron chi connectivity index (χ4n) is 3.33. The molecule has 26 heavy (non-hydrogen) atoms. The summed E-state index contributed by atoms with van der Waals surface area (Å²) in [6.45, 7) is 4.84. The van der Waals surface area contributed by atoms with Gasteiger partial charge in [-0.05, 0) is 18.6 Å². The van der Waals surface area contributed by atoms with Crippen LogP contribution in [0.4, 0.5) is 0 Å². The molecule has 1 aliphatic heterocycles. The summed E-state index contributed by atoms with van der Waals surface area (Å²) in [4.78, 5) is 10.4. The van der Waals surface area contributed by atoms with Crippen LogP contribution in [0.5, 0.6) is 5.75 Å². The second-order valence-corrected chi connectivity index (χ2v) is 6.74. The van der Waals surface area contributed by atoms with Gasteiger partial charge in [0.15, 0.2) is 0 Å². The van der Waals surface area contributed by atoms with Crippen LogP contribution in [0.25, 0.3) is 11.3 Å². The van der Waals surface area contributed by atoms with Gasteiger partial charge in [-0.15, -0.1) is 0 Å². The van der Waals surface area contributed by atoms with Gasteiger partial charge in [0.25, 0.3) is 0 Å². The van der Waals surface area contributed by atoms with Crippen molar-refractivity contribution in [2.75, 3.05) is 19.8 Å². The van der Waals surface area contributed by atoms with Crippen LogP contribution in [0.1, 0.15) is 23.0 Å². The van der Waals surface area contributed by atoms with E-state index in [9.17, 15) is 5.11 Å². The summed E-state index contributed by atoms with van der Waals surface area (Å²) in [5.41, 5.74) is 4.29. The molecule has 5 heteroatoms. The summed E-state index contributed by atoms with van der Waals surface area (Å²) in [6, 6.07) is 15.9. The maximum atomic E-state index is 10.1. The van der Waals surface area contributed by atoms with Gasteiger partial charge in [-0.25, -0.2) is 4.98 Å². The molecule has 0 saturated carbocycles. The number of aromatic amines is 1. The minimum Gasteiger partial charge on any atom is -0.508 e. The van der Waals surface area contributed by atoms with Crippen LogP contribution < -0.4 is 0 Å². The number of imidazole rings is 1. The molecule has 2 N–H and O–H groups in total. The third-order valence-electron chi connectivity index (χ3n) is 4.88. The number of benzene rings is 2. The van der Waals surface area contributed by atoms with E-state index in [-0.39, 0.29) is 6.04 Å². The molecular weight excluding hydrogens is 326 g/mol. The SMILES string of the molecule is Cc1ccc(-c2cnc(C3COCCN3Cc3ccccc3O)[nH]2)cc1. The highest BCUT2D eigenvalue weighted by Gasteiger charge is 2.27. The van der Waals surface area contributed by atoms with Crippen LogP contribution in [0.3, 0.4) is 0 Å². The molecule has 3 aromatic rings. The van der Waals surface area contributed by atoms with E-state index in [0.29, 0.717) is 25.5 Å². The number of aryl methyl sites for hydroxylation is 1. The Morgan fingerprint density at radius 3 is 2.81 bits per heavy atom. The zero-order valence-electron chi connectivity index (χ0n) is 14.9. The second kappa shape index (κ2) is 7.32. The third kappa shape index (κ3) is 3.49. The highest BCUT2D eigenvalue weighted by molar-refractivity contribution is 5.58. The largest absolute Gasteiger partial charge is 0.508 e. The average Bonchev–Trinajstić information content (AvgIpc) is 3.15. The van der Waals surface area contributed by atoms with Crippen molar-refractivity contribution < 1.29 is 9.84 Å². The molecule has 134 valence electrons. The molecule has 0 amide bonds. The predicted octanol–water partition coefficient (Wildman–Crippen LogP) is 3.66. The van der Waals surface area contributed by atoms with Crippen LogP contribution >= 0.6 is 0 Å². The van der Waals surface area contributed by atoms with Crippen molar-refractivity contribution in [1.82, 2.24) is 14.9 Å². The molecule has 1 saturated heterocycles. The molecule has 0 spiro atoms. The molecule has 1 atom stereocenters. The van der Waals surface area contributed by atoms with Gasteiger partial charge in [0.1, 0.15) is 11.6 Å². The van der Waals surface area contributed by atoms with Gasteiger partial charge in [0.05, 0.1) is 31.1 Å². The topological polar surface area (TPSA) is 61.4 Å². The van der Waals surface area contributed by atoms with Gasteiger partial charge in [-0.3, -0.25) is 4.90 Å². The molecule has 1 aliphatic rings. The lowest BCUT2D eigenvalue weighted by atomic mass is 10.1. The molecule has 0 bridgehead atoms. The number of phenols is 1. The van der Waals surface area contributed by atoms with Crippen molar-refractivity contribution in [1.29, 1.82) is 0 Å². The Labute approximate surface area is 153 Å². The Morgan fingerprint density at radius 1 is 1.19 bits per heavy atom. The van der Waals surface area contributed by atoms with Gasteiger partial charge in [-0.2, -0.15) is 0 Å². The number of aromatic hydroxyl groups is 1. The number of nitrogens with zero attached hydrogens (tertiary/aromatic N) is 2. The van der Waals surface area contributed by atoms with Crippen molar-refractivity contribution in [3.63, 3.8) is 0 Å². The van der Waals surface area contributed by atoms with Gasteiger partial charge < -0.3 is 14.8 Å². The Hall–Kier alpha value is -2.63. The van der Waals surface area contributed by atoms with E-state index in [1.54, 1.807) is 6.07 Å². The van der Waals surface area contributed by atoms with E-state index in [1.807, 2.05) is 24.4 Å². The number of H-pyrrole nitrogens is 1. The molecule has 4 rings (SSSR count). The summed E-state index contributed by atoms with van der Waals surface area (Å²) in [5, 5.41) is 10.1. The van der Waals surface area contributed by atoms with E-state index in [0.717, 1.165) is 29.2 Å². The lowest BCUT2D eigenvalue weighted by Gasteiger charge is -2.34. The Morgan fingerprint density at radius 2 is 2.00 bits per heavy atom. The number of aromatic nitrogens is 2. The summed E-state index contributed by atoms with van der Waals surface area (Å²) >= 11 is 0. The molecule has 2 aromatic carbocycles. The number of hydrogen-bond acceptors (Lipinski definition) is 4. The number of para-hydroxylation sites is 1. The first-order chi connectivity index (χ1) is 12.7. The maximum Gasteiger partial charge on any atom is 0.126 e. The number of ether oxygens (including phenoxy) is 1. The lowest BCUT2D eigenvalue weighted by Crippen LogP contribution is -2.39. The van der Waals surface area contributed by atoms with E-state index in [1.165, 1.54) is 5.56 Å². The molecular formula is C21H23N3O2. The average molecular weight is 349 g/mol. The minimum absolute atomic E-state index is 0.0440. The summed E-state index contributed by atoms with van der Waals surface area (Å²) < 4.78 is 5.70. The van der Waals surface area contributed by atoms with E-state index >= 15 is 0 Å². The van der Waals surface area contributed by atoms with Gasteiger partial charge >= 0.3 is 0 Å². The predicted molar refractivity (Wildman–Crippen MR) is 101 cm³/mol. The molecule has 1 unspecified atom stereocenters. The lowest BCUT2D eigenvalue weighted by molar-refractivity contribution is -0.0158. The first-order valence-electron chi connectivity index (χ1n) is 8.91. The van der Waals surface area contributed by atoms with Gasteiger partial charge in [-0.1, -0.05) is 48.0 Å². The van der Waals surface area contributed by atoms with Crippen LogP contribution in [0.15, 0.2) is 54.7 Å². The molecule has 2 heterocycles. The molecule has 0 aliphatic carbocycles. The number of rotatable bonds is 4. The quantitative estimate of drug-likeness (QED) is 0.754. The Kier molecular flexibility index (Phi) is 4.73. The number of hydrogen-bond donors (Lipinski definition) is 2. The van der Waals surface area contributed by atoms with Crippen molar-refractivity contribution in [2.24, 2.45) is 0 Å². The fourth-order valence-corrected chi connectivity index (χ4v) is 3.33. The molecule has 5 nitrogen and oxygen atoms in total. The van der Waals surface area contributed by atoms with E-state index in [4.69, 9.17) is 4.74 Å². The summed E-state index contributed by atoms with van der Waals surface area (Å²) in [5.74, 6) is 1.23. The molecule has 0 radical (unpaired) electrons. The summed E-state index contributed by atoms with van der Waals surface area (Å²) in [7, 11) is 0. The van der Waals surface area contributed by atoms with Crippen LogP contribution in [-0.4, -0.2) is 39.7 Å². The first kappa shape index (κ1) is 16.8. The van der Waals surface area contributed by atoms with Crippen molar-refractivity contribution in [2.45, 2.75) is 19.5 Å². The molecule has 1 aromatic heterocycles. The number of morpholine rings is 1. The highest BCUT2D eigenvalue weighted by atomic mass is 16.5. The van der Waals surface area contributed by atoms with Gasteiger partial charge in [0.2, 0.25) is 0 Å². The number of phenolic OH excluding ortho intramolecular Hbond substituents is 1. The van der Waals surface area contributed by atoms with Crippen molar-refractivity contribution >= 4 is 0 Å². The van der Waals surface area contributed by atoms with Crippen molar-refractivity contribution in [3.8, 4) is 17.0 Å². The Bertz CT molecular complexity index is 873. The van der Waals surface area contributed by atoms with Crippen LogP contribution in [-0.2, 0) is 11.3 Å².